The minimum absolute atomic E-state index is 0.279. The summed E-state index contributed by atoms with van der Waals surface area (Å²) in [5.41, 5.74) is 0. The monoisotopic (exact) mass is 175 g/mol. The Morgan fingerprint density at radius 2 is 2.17 bits per heavy atom. The lowest BCUT2D eigenvalue weighted by molar-refractivity contribution is -0.145. The van der Waals surface area contributed by atoms with Gasteiger partial charge in [0.2, 0.25) is 0 Å². The van der Waals surface area contributed by atoms with Crippen LogP contribution in [0, 0.1) is 0 Å². The number of esters is 1. The molecule has 2 N–H and O–H groups in total. The minimum atomic E-state index is -0.443. The fourth-order valence-electron chi connectivity index (χ4n) is 0.698. The molecule has 0 aromatic rings. The lowest BCUT2D eigenvalue weighted by atomic mass is 10.3. The molecule has 12 heavy (non-hydrogen) atoms. The number of aliphatic hydroxyl groups excluding tert-OH is 1. The van der Waals surface area contributed by atoms with Gasteiger partial charge < -0.3 is 15.2 Å². The molecule has 0 saturated carbocycles. The van der Waals surface area contributed by atoms with Crippen LogP contribution in [0.1, 0.15) is 20.8 Å². The summed E-state index contributed by atoms with van der Waals surface area (Å²) in [5, 5.41) is 11.7. The van der Waals surface area contributed by atoms with E-state index in [-0.39, 0.29) is 12.0 Å². The van der Waals surface area contributed by atoms with Crippen molar-refractivity contribution in [2.24, 2.45) is 0 Å². The van der Waals surface area contributed by atoms with Gasteiger partial charge in [0.05, 0.1) is 12.7 Å². The summed E-state index contributed by atoms with van der Waals surface area (Å²) >= 11 is 0. The van der Waals surface area contributed by atoms with Crippen molar-refractivity contribution in [1.29, 1.82) is 0 Å². The van der Waals surface area contributed by atoms with E-state index in [0.29, 0.717) is 13.2 Å². The van der Waals surface area contributed by atoms with Gasteiger partial charge in [-0.25, -0.2) is 0 Å². The predicted octanol–water partition coefficient (Wildman–Crippen LogP) is -0.0916. The highest BCUT2D eigenvalue weighted by Gasteiger charge is 2.12. The van der Waals surface area contributed by atoms with E-state index in [0.717, 1.165) is 0 Å². The third-order valence-electron chi connectivity index (χ3n) is 1.36. The second-order valence-corrected chi connectivity index (χ2v) is 2.73. The topological polar surface area (TPSA) is 58.6 Å². The number of ether oxygens (including phenoxy) is 1. The van der Waals surface area contributed by atoms with Gasteiger partial charge in [0, 0.05) is 6.54 Å². The van der Waals surface area contributed by atoms with E-state index in [9.17, 15) is 4.79 Å². The van der Waals surface area contributed by atoms with Crippen LogP contribution < -0.4 is 5.32 Å². The van der Waals surface area contributed by atoms with Crippen molar-refractivity contribution < 1.29 is 14.6 Å². The molecule has 0 amide bonds. The number of hydrogen-bond acceptors (Lipinski definition) is 4. The number of nitrogens with one attached hydrogen (secondary N) is 1. The lowest BCUT2D eigenvalue weighted by Crippen LogP contribution is -2.39. The summed E-state index contributed by atoms with van der Waals surface area (Å²) in [7, 11) is 0. The van der Waals surface area contributed by atoms with E-state index in [4.69, 9.17) is 9.84 Å². The standard InChI is InChI=1S/C8H17NO3/c1-4-12-8(11)7(3)9-5-6(2)10/h6-7,9-10H,4-5H2,1-3H3/t6-,7?/m0/s1. The largest absolute Gasteiger partial charge is 0.465 e. The van der Waals surface area contributed by atoms with Crippen molar-refractivity contribution in [3.63, 3.8) is 0 Å². The molecule has 0 radical (unpaired) electrons. The van der Waals surface area contributed by atoms with Crippen molar-refractivity contribution in [3.05, 3.63) is 0 Å². The molecule has 0 fully saturated rings. The maximum Gasteiger partial charge on any atom is 0.322 e. The van der Waals surface area contributed by atoms with E-state index >= 15 is 0 Å². The summed E-state index contributed by atoms with van der Waals surface area (Å²) in [6.45, 7) is 5.92. The smallest absolute Gasteiger partial charge is 0.322 e. The molecular weight excluding hydrogens is 158 g/mol. The first-order chi connectivity index (χ1) is 5.57. The van der Waals surface area contributed by atoms with E-state index < -0.39 is 6.10 Å². The summed E-state index contributed by atoms with van der Waals surface area (Å²) in [4.78, 5) is 11.0. The molecule has 4 nitrogen and oxygen atoms in total. The highest BCUT2D eigenvalue weighted by molar-refractivity contribution is 5.75. The molecule has 72 valence electrons. The number of hydrogen-bond donors (Lipinski definition) is 2. The number of carbonyl (C=O) groups excluding carboxylic acids is 1. The molecule has 0 aliphatic rings. The summed E-state index contributed by atoms with van der Waals surface area (Å²) in [5.74, 6) is -0.279. The predicted molar refractivity (Wildman–Crippen MR) is 45.8 cm³/mol. The fourth-order valence-corrected chi connectivity index (χ4v) is 0.698. The Kier molecular flexibility index (Phi) is 5.66. The molecular formula is C8H17NO3. The molecule has 0 saturated heterocycles. The molecule has 0 heterocycles. The van der Waals surface area contributed by atoms with E-state index in [2.05, 4.69) is 5.32 Å². The lowest BCUT2D eigenvalue weighted by Gasteiger charge is -2.13. The Bertz CT molecular complexity index is 136. The first-order valence-corrected chi connectivity index (χ1v) is 4.16. The number of aliphatic hydroxyl groups is 1. The third-order valence-corrected chi connectivity index (χ3v) is 1.36. The summed E-state index contributed by atoms with van der Waals surface area (Å²) in [6.07, 6.45) is -0.443. The van der Waals surface area contributed by atoms with E-state index in [1.165, 1.54) is 0 Å². The zero-order valence-corrected chi connectivity index (χ0v) is 7.83. The zero-order chi connectivity index (χ0) is 9.56. The normalized spacial score (nSPS) is 15.3. The quantitative estimate of drug-likeness (QED) is 0.573. The van der Waals surface area contributed by atoms with Crippen LogP contribution in [0.25, 0.3) is 0 Å². The average Bonchev–Trinajstić information content (AvgIpc) is 2.00. The first-order valence-electron chi connectivity index (χ1n) is 4.16. The molecule has 0 rings (SSSR count). The van der Waals surface area contributed by atoms with Crippen molar-refractivity contribution >= 4 is 5.97 Å². The maximum atomic E-state index is 11.0. The zero-order valence-electron chi connectivity index (χ0n) is 7.83. The van der Waals surface area contributed by atoms with Gasteiger partial charge in [0.15, 0.2) is 0 Å². The van der Waals surface area contributed by atoms with Crippen LogP contribution in [0.15, 0.2) is 0 Å². The van der Waals surface area contributed by atoms with E-state index in [1.807, 2.05) is 0 Å². The van der Waals surface area contributed by atoms with Gasteiger partial charge >= 0.3 is 5.97 Å². The molecule has 0 bridgehead atoms. The van der Waals surface area contributed by atoms with Crippen molar-refractivity contribution in [2.75, 3.05) is 13.2 Å². The van der Waals surface area contributed by atoms with Gasteiger partial charge in [-0.1, -0.05) is 0 Å². The third kappa shape index (κ3) is 5.09. The molecule has 0 aromatic carbocycles. The fraction of sp³-hybridized carbons (Fsp3) is 0.875. The van der Waals surface area contributed by atoms with Gasteiger partial charge in [0.1, 0.15) is 6.04 Å². The van der Waals surface area contributed by atoms with Crippen molar-refractivity contribution in [3.8, 4) is 0 Å². The molecule has 0 spiro atoms. The van der Waals surface area contributed by atoms with Crippen molar-refractivity contribution in [1.82, 2.24) is 5.32 Å². The van der Waals surface area contributed by atoms with Crippen molar-refractivity contribution in [2.45, 2.75) is 32.9 Å². The summed E-state index contributed by atoms with van der Waals surface area (Å²) < 4.78 is 4.75. The Morgan fingerprint density at radius 3 is 2.58 bits per heavy atom. The van der Waals surface area contributed by atoms with Crippen LogP contribution >= 0.6 is 0 Å². The number of carbonyl (C=O) groups is 1. The van der Waals surface area contributed by atoms with Crippen LogP contribution in [-0.4, -0.2) is 36.4 Å². The molecule has 0 aliphatic carbocycles. The second-order valence-electron chi connectivity index (χ2n) is 2.73. The Labute approximate surface area is 72.9 Å². The van der Waals surface area contributed by atoms with E-state index in [1.54, 1.807) is 20.8 Å². The van der Waals surface area contributed by atoms with Crippen LogP contribution in [0.4, 0.5) is 0 Å². The molecule has 4 heteroatoms. The Hall–Kier alpha value is -0.610. The molecule has 2 atom stereocenters. The minimum Gasteiger partial charge on any atom is -0.465 e. The SMILES string of the molecule is CCOC(=O)C(C)NC[C@H](C)O. The highest BCUT2D eigenvalue weighted by atomic mass is 16.5. The van der Waals surface area contributed by atoms with Crippen LogP contribution in [0.3, 0.4) is 0 Å². The van der Waals surface area contributed by atoms with Gasteiger partial charge in [-0.15, -0.1) is 0 Å². The van der Waals surface area contributed by atoms with Gasteiger partial charge in [-0.05, 0) is 20.8 Å². The van der Waals surface area contributed by atoms with Crippen LogP contribution in [-0.2, 0) is 9.53 Å². The first kappa shape index (κ1) is 11.4. The summed E-state index contributed by atoms with van der Waals surface area (Å²) in [6, 6.07) is -0.348. The molecule has 1 unspecified atom stereocenters. The maximum absolute atomic E-state index is 11.0. The average molecular weight is 175 g/mol. The van der Waals surface area contributed by atoms with Crippen LogP contribution in [0.5, 0.6) is 0 Å². The Balaban J connectivity index is 3.56. The van der Waals surface area contributed by atoms with Gasteiger partial charge in [0.25, 0.3) is 0 Å². The second kappa shape index (κ2) is 5.97. The Morgan fingerprint density at radius 1 is 1.58 bits per heavy atom. The van der Waals surface area contributed by atoms with Crippen LogP contribution in [0.2, 0.25) is 0 Å². The molecule has 0 aromatic heterocycles. The molecule has 0 aliphatic heterocycles. The van der Waals surface area contributed by atoms with Gasteiger partial charge in [-0.3, -0.25) is 4.79 Å². The van der Waals surface area contributed by atoms with Gasteiger partial charge in [-0.2, -0.15) is 0 Å². The number of rotatable bonds is 5. The highest BCUT2D eigenvalue weighted by Crippen LogP contribution is 1.88.